The minimum absolute atomic E-state index is 0.0611. The van der Waals surface area contributed by atoms with Crippen LogP contribution in [0.25, 0.3) is 11.1 Å². The lowest BCUT2D eigenvalue weighted by molar-refractivity contribution is -0.0415. The van der Waals surface area contributed by atoms with E-state index in [-0.39, 0.29) is 5.92 Å². The Hall–Kier alpha value is -2.08. The molecule has 0 radical (unpaired) electrons. The summed E-state index contributed by atoms with van der Waals surface area (Å²) in [5.41, 5.74) is 2.95. The highest BCUT2D eigenvalue weighted by Gasteiger charge is 2.40. The maximum absolute atomic E-state index is 12.2. The van der Waals surface area contributed by atoms with Gasteiger partial charge in [-0.05, 0) is 61.4 Å². The van der Waals surface area contributed by atoms with Gasteiger partial charge >= 0.3 is 6.09 Å². The smallest absolute Gasteiger partial charge is 0.406 e. The van der Waals surface area contributed by atoms with Crippen molar-refractivity contribution < 1.29 is 14.6 Å². The Bertz CT molecular complexity index is 883. The topological polar surface area (TPSA) is 70.6 Å². The van der Waals surface area contributed by atoms with Crippen molar-refractivity contribution in [1.29, 1.82) is 0 Å². The minimum atomic E-state index is -1.06. The first-order valence-corrected chi connectivity index (χ1v) is 11.5. The quantitative estimate of drug-likeness (QED) is 0.507. The van der Waals surface area contributed by atoms with E-state index in [9.17, 15) is 9.90 Å². The van der Waals surface area contributed by atoms with Crippen LogP contribution < -0.4 is 10.6 Å². The molecule has 0 bridgehead atoms. The molecule has 3 rings (SSSR count). The highest BCUT2D eigenvalue weighted by atomic mass is 35.5. The van der Waals surface area contributed by atoms with Crippen LogP contribution in [-0.4, -0.2) is 37.9 Å². The van der Waals surface area contributed by atoms with Crippen molar-refractivity contribution in [3.05, 3.63) is 58.6 Å². The number of piperidine rings is 1. The van der Waals surface area contributed by atoms with Gasteiger partial charge in [0.2, 0.25) is 0 Å². The molecule has 1 saturated heterocycles. The van der Waals surface area contributed by atoms with Gasteiger partial charge in [-0.1, -0.05) is 54.9 Å². The molecule has 3 N–H and O–H groups in total. The van der Waals surface area contributed by atoms with Crippen molar-refractivity contribution in [2.75, 3.05) is 26.7 Å². The Morgan fingerprint density at radius 3 is 2.84 bits per heavy atom. The SMILES string of the molecule is CCc1cccc(-c2c(Cl)cccc2[C@](O)(CCCNC(=O)OC)[C@@H]2CCCNC2)c1. The number of nitrogens with one attached hydrogen (secondary N) is 2. The van der Waals surface area contributed by atoms with E-state index in [1.807, 2.05) is 24.3 Å². The number of benzene rings is 2. The highest BCUT2D eigenvalue weighted by Crippen LogP contribution is 2.44. The number of aryl methyl sites for hydroxylation is 1. The average molecular weight is 445 g/mol. The van der Waals surface area contributed by atoms with Gasteiger partial charge in [0.25, 0.3) is 0 Å². The fourth-order valence-corrected chi connectivity index (χ4v) is 4.85. The number of carbonyl (C=O) groups excluding carboxylic acids is 1. The van der Waals surface area contributed by atoms with E-state index in [2.05, 4.69) is 40.5 Å². The predicted molar refractivity (Wildman–Crippen MR) is 125 cm³/mol. The number of alkyl carbamates (subject to hydrolysis) is 1. The number of methoxy groups -OCH3 is 1. The molecule has 1 aliphatic rings. The van der Waals surface area contributed by atoms with Gasteiger partial charge in [-0.25, -0.2) is 4.79 Å². The van der Waals surface area contributed by atoms with Crippen molar-refractivity contribution in [1.82, 2.24) is 10.6 Å². The molecular weight excluding hydrogens is 412 g/mol. The molecule has 0 aliphatic carbocycles. The van der Waals surface area contributed by atoms with Gasteiger partial charge in [-0.2, -0.15) is 0 Å². The summed E-state index contributed by atoms with van der Waals surface area (Å²) >= 11 is 6.73. The van der Waals surface area contributed by atoms with Crippen LogP contribution in [0, 0.1) is 5.92 Å². The Morgan fingerprint density at radius 1 is 1.32 bits per heavy atom. The lowest BCUT2D eigenvalue weighted by atomic mass is 9.72. The first kappa shape index (κ1) is 23.6. The van der Waals surface area contributed by atoms with Crippen LogP contribution in [0.1, 0.15) is 43.7 Å². The molecule has 168 valence electrons. The van der Waals surface area contributed by atoms with E-state index in [1.54, 1.807) is 0 Å². The molecule has 0 spiro atoms. The minimum Gasteiger partial charge on any atom is -0.453 e. The number of aliphatic hydroxyl groups is 1. The molecule has 1 heterocycles. The van der Waals surface area contributed by atoms with E-state index >= 15 is 0 Å². The van der Waals surface area contributed by atoms with E-state index in [1.165, 1.54) is 12.7 Å². The molecule has 0 aromatic heterocycles. The van der Waals surface area contributed by atoms with Crippen molar-refractivity contribution >= 4 is 17.7 Å². The van der Waals surface area contributed by atoms with Gasteiger partial charge in [-0.3, -0.25) is 0 Å². The second kappa shape index (κ2) is 11.0. The summed E-state index contributed by atoms with van der Waals surface area (Å²) < 4.78 is 4.66. The fourth-order valence-electron chi connectivity index (χ4n) is 4.56. The van der Waals surface area contributed by atoms with E-state index in [4.69, 9.17) is 11.6 Å². The molecule has 5 nitrogen and oxygen atoms in total. The van der Waals surface area contributed by atoms with Crippen molar-refractivity contribution in [2.24, 2.45) is 5.92 Å². The standard InChI is InChI=1S/C25H33ClN2O3/c1-3-18-8-4-9-19(16-18)23-21(11-5-12-22(23)26)25(30,20-10-6-14-27-17-20)13-7-15-28-24(29)31-2/h4-5,8-9,11-12,16,20,27,30H,3,6-7,10,13-15,17H2,1-2H3,(H,28,29)/t20-,25+/m1/s1. The van der Waals surface area contributed by atoms with Gasteiger partial charge in [0, 0.05) is 29.6 Å². The second-order valence-electron chi connectivity index (χ2n) is 8.21. The molecule has 31 heavy (non-hydrogen) atoms. The summed E-state index contributed by atoms with van der Waals surface area (Å²) in [6.07, 6.45) is 3.59. The zero-order chi connectivity index (χ0) is 22.3. The normalized spacial score (nSPS) is 18.3. The third kappa shape index (κ3) is 5.59. The third-order valence-electron chi connectivity index (χ3n) is 6.27. The first-order valence-electron chi connectivity index (χ1n) is 11.1. The van der Waals surface area contributed by atoms with E-state index in [0.29, 0.717) is 24.4 Å². The lowest BCUT2D eigenvalue weighted by Crippen LogP contribution is -2.45. The van der Waals surface area contributed by atoms with Crippen LogP contribution in [0.4, 0.5) is 4.79 Å². The van der Waals surface area contributed by atoms with Crippen molar-refractivity contribution in [3.8, 4) is 11.1 Å². The fraction of sp³-hybridized carbons (Fsp3) is 0.480. The number of halogens is 1. The number of hydrogen-bond acceptors (Lipinski definition) is 4. The maximum atomic E-state index is 12.2. The van der Waals surface area contributed by atoms with E-state index in [0.717, 1.165) is 49.0 Å². The second-order valence-corrected chi connectivity index (χ2v) is 8.61. The molecule has 0 saturated carbocycles. The average Bonchev–Trinajstić information content (AvgIpc) is 2.81. The number of ether oxygens (including phenoxy) is 1. The summed E-state index contributed by atoms with van der Waals surface area (Å²) in [4.78, 5) is 11.4. The Labute approximate surface area is 190 Å². The molecule has 1 amide bonds. The Kier molecular flexibility index (Phi) is 8.35. The third-order valence-corrected chi connectivity index (χ3v) is 6.58. The summed E-state index contributed by atoms with van der Waals surface area (Å²) in [5.74, 6) is 0.0611. The first-order chi connectivity index (χ1) is 15.0. The van der Waals surface area contributed by atoms with Crippen LogP contribution in [0.5, 0.6) is 0 Å². The lowest BCUT2D eigenvalue weighted by Gasteiger charge is -2.40. The molecule has 1 aliphatic heterocycles. The number of hydrogen-bond donors (Lipinski definition) is 3. The highest BCUT2D eigenvalue weighted by molar-refractivity contribution is 6.33. The van der Waals surface area contributed by atoms with Crippen molar-refractivity contribution in [3.63, 3.8) is 0 Å². The van der Waals surface area contributed by atoms with E-state index < -0.39 is 11.7 Å². The van der Waals surface area contributed by atoms with Gasteiger partial charge in [0.1, 0.15) is 0 Å². The van der Waals surface area contributed by atoms with Crippen LogP contribution in [0.2, 0.25) is 5.02 Å². The van der Waals surface area contributed by atoms with Crippen molar-refractivity contribution in [2.45, 2.75) is 44.6 Å². The Balaban J connectivity index is 2.00. The number of amides is 1. The summed E-state index contributed by atoms with van der Waals surface area (Å²) in [6, 6.07) is 14.2. The Morgan fingerprint density at radius 2 is 2.13 bits per heavy atom. The molecule has 2 aromatic carbocycles. The molecule has 2 aromatic rings. The van der Waals surface area contributed by atoms with Gasteiger partial charge in [-0.15, -0.1) is 0 Å². The van der Waals surface area contributed by atoms with Gasteiger partial charge < -0.3 is 20.5 Å². The molecule has 2 atom stereocenters. The van der Waals surface area contributed by atoms with Crippen LogP contribution in [0.15, 0.2) is 42.5 Å². The molecule has 1 fully saturated rings. The maximum Gasteiger partial charge on any atom is 0.406 e. The predicted octanol–water partition coefficient (Wildman–Crippen LogP) is 4.89. The summed E-state index contributed by atoms with van der Waals surface area (Å²) in [6.45, 7) is 4.29. The molecular formula is C25H33ClN2O3. The zero-order valence-electron chi connectivity index (χ0n) is 18.4. The molecule has 6 heteroatoms. The van der Waals surface area contributed by atoms with Crippen LogP contribution >= 0.6 is 11.6 Å². The summed E-state index contributed by atoms with van der Waals surface area (Å²) in [5, 5.41) is 19.0. The number of rotatable bonds is 8. The largest absolute Gasteiger partial charge is 0.453 e. The van der Waals surface area contributed by atoms with Gasteiger partial charge in [0.15, 0.2) is 0 Å². The summed E-state index contributed by atoms with van der Waals surface area (Å²) in [7, 11) is 1.35. The zero-order valence-corrected chi connectivity index (χ0v) is 19.2. The van der Waals surface area contributed by atoms with Crippen LogP contribution in [0.3, 0.4) is 0 Å². The monoisotopic (exact) mass is 444 g/mol. The number of carbonyl (C=O) groups is 1. The molecule has 0 unspecified atom stereocenters. The van der Waals surface area contributed by atoms with Gasteiger partial charge in [0.05, 0.1) is 12.7 Å². The van der Waals surface area contributed by atoms with Crippen LogP contribution in [-0.2, 0) is 16.8 Å².